The van der Waals surface area contributed by atoms with E-state index in [1.165, 1.54) is 23.3 Å². The molecule has 0 bridgehead atoms. The number of ether oxygens (including phenoxy) is 1. The molecule has 44 heavy (non-hydrogen) atoms. The first-order valence-electron chi connectivity index (χ1n) is 14.3. The summed E-state index contributed by atoms with van der Waals surface area (Å²) < 4.78 is 16.4. The molecule has 0 unspecified atom stereocenters. The summed E-state index contributed by atoms with van der Waals surface area (Å²) in [5.74, 6) is 0. The van der Waals surface area contributed by atoms with E-state index in [0.717, 1.165) is 16.7 Å². The van der Waals surface area contributed by atoms with Crippen molar-refractivity contribution in [3.63, 3.8) is 0 Å². The molecule has 14 nitrogen and oxygen atoms in total. The number of anilines is 3. The number of benzene rings is 2. The molecule has 0 radical (unpaired) electrons. The lowest BCUT2D eigenvalue weighted by Gasteiger charge is -2.36. The number of nitrogen functional groups attached to an aromatic ring is 1. The van der Waals surface area contributed by atoms with E-state index in [1.54, 1.807) is 17.2 Å². The van der Waals surface area contributed by atoms with Crippen LogP contribution < -0.4 is 15.5 Å². The normalized spacial score (nSPS) is 15.7. The van der Waals surface area contributed by atoms with Gasteiger partial charge in [0.25, 0.3) is 5.69 Å². The predicted molar refractivity (Wildman–Crippen MR) is 165 cm³/mol. The highest BCUT2D eigenvalue weighted by Gasteiger charge is 2.28. The van der Waals surface area contributed by atoms with Gasteiger partial charge in [0.05, 0.1) is 28.8 Å². The van der Waals surface area contributed by atoms with Gasteiger partial charge >= 0.3 is 12.2 Å². The van der Waals surface area contributed by atoms with Crippen molar-refractivity contribution in [2.75, 3.05) is 67.9 Å². The molecule has 2 fully saturated rings. The molecular weight excluding hydrogens is 572 g/mol. The number of nitrogens with two attached hydrogens (primary N) is 1. The highest BCUT2D eigenvalue weighted by Crippen LogP contribution is 2.34. The van der Waals surface area contributed by atoms with Crippen LogP contribution in [0.1, 0.15) is 20.8 Å². The molecule has 0 aliphatic carbocycles. The molecule has 2 amide bonds. The van der Waals surface area contributed by atoms with Gasteiger partial charge in [0.2, 0.25) is 0 Å². The average molecular weight is 609 g/mol. The maximum Gasteiger partial charge on any atom is 0.410 e. The van der Waals surface area contributed by atoms with Crippen LogP contribution in [0.25, 0.3) is 21.9 Å². The van der Waals surface area contributed by atoms with Crippen LogP contribution in [0.2, 0.25) is 0 Å². The minimum atomic E-state index is -0.865. The van der Waals surface area contributed by atoms with Crippen LogP contribution in [0.3, 0.4) is 0 Å². The van der Waals surface area contributed by atoms with Gasteiger partial charge in [-0.05, 0) is 45.0 Å². The van der Waals surface area contributed by atoms with Crippen molar-refractivity contribution in [3.8, 4) is 0 Å². The van der Waals surface area contributed by atoms with Crippen LogP contribution in [0.5, 0.6) is 0 Å². The molecule has 234 valence electrons. The number of carbonyl (C=O) groups is 2. The summed E-state index contributed by atoms with van der Waals surface area (Å²) >= 11 is 0. The number of carbonyl (C=O) groups excluding carboxylic acids is 1. The van der Waals surface area contributed by atoms with Crippen LogP contribution in [0.4, 0.5) is 32.3 Å². The molecular formula is C30H36N6O8. The topological polar surface area (TPSA) is 172 Å². The molecule has 6 rings (SSSR count). The zero-order valence-corrected chi connectivity index (χ0v) is 24.9. The van der Waals surface area contributed by atoms with Gasteiger partial charge < -0.3 is 44.0 Å². The predicted octanol–water partition coefficient (Wildman–Crippen LogP) is 5.21. The fraction of sp³-hybridized carbons (Fsp3) is 0.400. The van der Waals surface area contributed by atoms with E-state index < -0.39 is 16.6 Å². The van der Waals surface area contributed by atoms with Crippen LogP contribution in [0.15, 0.2) is 57.8 Å². The maximum absolute atomic E-state index is 12.1. The van der Waals surface area contributed by atoms with Gasteiger partial charge in [0.15, 0.2) is 11.2 Å². The standard InChI is InChI=1S/C17H21N3O5.C13H15N3O3/c1-17(2,3)25-16(21)19-7-5-18(6-8-19)14-11-13(20(22)23)10-12-4-9-24-15(12)14;14-10-7-9-1-6-19-12(9)11(8-10)15-2-4-16(5-3-15)13(17)18/h4,9-11H,5-8H2,1-3H3;1,6-8H,2-5,14H2,(H,17,18). The van der Waals surface area contributed by atoms with E-state index in [1.807, 2.05) is 43.9 Å². The molecule has 2 aliphatic rings. The Morgan fingerprint density at radius 1 is 0.841 bits per heavy atom. The summed E-state index contributed by atoms with van der Waals surface area (Å²) in [6.07, 6.45) is 1.96. The minimum absolute atomic E-state index is 0.0264. The zero-order valence-electron chi connectivity index (χ0n) is 24.9. The van der Waals surface area contributed by atoms with Crippen LogP contribution in [-0.2, 0) is 4.74 Å². The van der Waals surface area contributed by atoms with E-state index in [2.05, 4.69) is 4.90 Å². The first kappa shape index (κ1) is 30.3. The first-order chi connectivity index (χ1) is 20.9. The third-order valence-corrected chi connectivity index (χ3v) is 7.44. The lowest BCUT2D eigenvalue weighted by molar-refractivity contribution is -0.384. The van der Waals surface area contributed by atoms with Gasteiger partial charge in [-0.1, -0.05) is 0 Å². The number of fused-ring (bicyclic) bond motifs is 2. The fourth-order valence-electron chi connectivity index (χ4n) is 5.30. The monoisotopic (exact) mass is 608 g/mol. The Labute approximate surface area is 253 Å². The van der Waals surface area contributed by atoms with Crippen LogP contribution in [-0.4, -0.2) is 90.0 Å². The summed E-state index contributed by atoms with van der Waals surface area (Å²) in [5, 5.41) is 21.8. The first-order valence-corrected chi connectivity index (χ1v) is 14.3. The van der Waals surface area contributed by atoms with Crippen molar-refractivity contribution in [2.45, 2.75) is 26.4 Å². The molecule has 4 aromatic rings. The third-order valence-electron chi connectivity index (χ3n) is 7.44. The second-order valence-electron chi connectivity index (χ2n) is 11.7. The van der Waals surface area contributed by atoms with E-state index in [0.29, 0.717) is 74.7 Å². The summed E-state index contributed by atoms with van der Waals surface area (Å²) in [7, 11) is 0. The number of nitro benzene ring substituents is 1. The fourth-order valence-corrected chi connectivity index (χ4v) is 5.30. The quantitative estimate of drug-likeness (QED) is 0.178. The Balaban J connectivity index is 0.000000181. The summed E-state index contributed by atoms with van der Waals surface area (Å²) in [4.78, 5) is 41.0. The number of rotatable bonds is 3. The third kappa shape index (κ3) is 6.74. The number of nitrogens with zero attached hydrogens (tertiary/aromatic N) is 5. The molecule has 2 aliphatic heterocycles. The number of non-ortho nitro benzene ring substituents is 1. The molecule has 2 aromatic carbocycles. The largest absolute Gasteiger partial charge is 0.465 e. The van der Waals surface area contributed by atoms with Gasteiger partial charge in [0, 0.05) is 81.0 Å². The number of hydrogen-bond acceptors (Lipinski definition) is 10. The maximum atomic E-state index is 12.1. The summed E-state index contributed by atoms with van der Waals surface area (Å²) in [6, 6.07) is 10.4. The number of carboxylic acid groups (broad SMARTS) is 1. The smallest absolute Gasteiger partial charge is 0.410 e. The van der Waals surface area contributed by atoms with Gasteiger partial charge in [0.1, 0.15) is 5.60 Å². The molecule has 0 spiro atoms. The Morgan fingerprint density at radius 3 is 1.84 bits per heavy atom. The average Bonchev–Trinajstić information content (AvgIpc) is 3.65. The molecule has 14 heteroatoms. The van der Waals surface area contributed by atoms with Gasteiger partial charge in [-0.15, -0.1) is 0 Å². The Morgan fingerprint density at radius 2 is 1.34 bits per heavy atom. The molecule has 0 saturated carbocycles. The molecule has 2 saturated heterocycles. The van der Waals surface area contributed by atoms with Gasteiger partial charge in [-0.25, -0.2) is 9.59 Å². The van der Waals surface area contributed by atoms with Crippen LogP contribution >= 0.6 is 0 Å². The minimum Gasteiger partial charge on any atom is -0.465 e. The van der Waals surface area contributed by atoms with Crippen LogP contribution in [0, 0.1) is 10.1 Å². The van der Waals surface area contributed by atoms with Crippen molar-refractivity contribution >= 4 is 56.9 Å². The number of hydrogen-bond donors (Lipinski definition) is 2. The van der Waals surface area contributed by atoms with Crippen molar-refractivity contribution in [1.82, 2.24) is 9.80 Å². The highest BCUT2D eigenvalue weighted by molar-refractivity contribution is 5.93. The van der Waals surface area contributed by atoms with Crippen molar-refractivity contribution < 1.29 is 33.2 Å². The summed E-state index contributed by atoms with van der Waals surface area (Å²) in [6.45, 7) is 9.84. The second kappa shape index (κ2) is 12.2. The van der Waals surface area contributed by atoms with E-state index in [9.17, 15) is 19.7 Å². The van der Waals surface area contributed by atoms with E-state index >= 15 is 0 Å². The number of nitro groups is 1. The van der Waals surface area contributed by atoms with E-state index in [4.69, 9.17) is 24.4 Å². The Kier molecular flexibility index (Phi) is 8.43. The molecule has 0 atom stereocenters. The Bertz CT molecular complexity index is 1660. The molecule has 3 N–H and O–H groups in total. The lowest BCUT2D eigenvalue weighted by atomic mass is 10.1. The Hall–Kier alpha value is -5.14. The van der Waals surface area contributed by atoms with Crippen molar-refractivity contribution in [2.24, 2.45) is 0 Å². The van der Waals surface area contributed by atoms with Gasteiger partial charge in [-0.3, -0.25) is 10.1 Å². The lowest BCUT2D eigenvalue weighted by Crippen LogP contribution is -2.50. The highest BCUT2D eigenvalue weighted by atomic mass is 16.6. The molecule has 2 aromatic heterocycles. The summed E-state index contributed by atoms with van der Waals surface area (Å²) in [5.41, 5.74) is 9.11. The zero-order chi connectivity index (χ0) is 31.6. The molecule has 4 heterocycles. The van der Waals surface area contributed by atoms with Gasteiger partial charge in [-0.2, -0.15) is 0 Å². The number of amides is 2. The SMILES string of the molecule is CC(C)(C)OC(=O)N1CCN(c2cc([N+](=O)[O-])cc3ccoc23)CC1.Nc1cc(N2CCN(C(=O)O)CC2)c2occc2c1. The van der Waals surface area contributed by atoms with Crippen molar-refractivity contribution in [1.29, 1.82) is 0 Å². The number of piperazine rings is 2. The number of furan rings is 2. The van der Waals surface area contributed by atoms with Crippen molar-refractivity contribution in [3.05, 3.63) is 59.0 Å². The second-order valence-corrected chi connectivity index (χ2v) is 11.7. The van der Waals surface area contributed by atoms with E-state index in [-0.39, 0.29) is 11.8 Å².